The molecule has 0 aromatic carbocycles. The van der Waals surface area contributed by atoms with Crippen molar-refractivity contribution in [3.63, 3.8) is 0 Å². The number of nitrogens with zero attached hydrogens (tertiary/aromatic N) is 2. The molecule has 2 rings (SSSR count). The van der Waals surface area contributed by atoms with E-state index < -0.39 is 24.4 Å². The Hall–Kier alpha value is -0.340. The predicted octanol–water partition coefficient (Wildman–Crippen LogP) is -1.15. The van der Waals surface area contributed by atoms with Gasteiger partial charge in [-0.2, -0.15) is 0 Å². The molecule has 2 aliphatic rings. The normalized spacial score (nSPS) is 41.0. The third kappa shape index (κ3) is 2.43. The number of hydrogen-bond acceptors (Lipinski definition) is 7. The number of aliphatic hydroxyl groups excluding tert-OH is 3. The summed E-state index contributed by atoms with van der Waals surface area (Å²) in [6, 6.07) is -0.428. The summed E-state index contributed by atoms with van der Waals surface area (Å²) in [5, 5.41) is 29.5. The molecule has 0 radical (unpaired) electrons. The van der Waals surface area contributed by atoms with E-state index in [0.717, 1.165) is 5.17 Å². The Bertz CT molecular complexity index is 313. The van der Waals surface area contributed by atoms with Crippen molar-refractivity contribution in [3.8, 4) is 0 Å². The molecule has 0 spiro atoms. The maximum Gasteiger partial charge on any atom is 0.161 e. The molecular formula is C10H18N2O4S. The molecule has 2 aliphatic heterocycles. The monoisotopic (exact) mass is 262 g/mol. The number of amidine groups is 1. The second kappa shape index (κ2) is 5.11. The Kier molecular flexibility index (Phi) is 3.94. The zero-order chi connectivity index (χ0) is 12.6. The van der Waals surface area contributed by atoms with Crippen LogP contribution in [0.5, 0.6) is 0 Å². The topological polar surface area (TPSA) is 85.5 Å². The van der Waals surface area contributed by atoms with Gasteiger partial charge < -0.3 is 25.0 Å². The first kappa shape index (κ1) is 13.1. The first-order valence-corrected chi connectivity index (χ1v) is 6.46. The van der Waals surface area contributed by atoms with Crippen LogP contribution in [0.1, 0.15) is 6.42 Å². The van der Waals surface area contributed by atoms with Crippen molar-refractivity contribution in [2.45, 2.75) is 36.2 Å². The molecule has 17 heavy (non-hydrogen) atoms. The van der Waals surface area contributed by atoms with E-state index in [4.69, 9.17) is 9.84 Å². The van der Waals surface area contributed by atoms with Gasteiger partial charge in [-0.05, 0) is 6.42 Å². The van der Waals surface area contributed by atoms with Gasteiger partial charge in [0.2, 0.25) is 0 Å². The van der Waals surface area contributed by atoms with Crippen molar-refractivity contribution < 1.29 is 20.1 Å². The fourth-order valence-electron chi connectivity index (χ4n) is 2.00. The molecule has 0 aliphatic carbocycles. The van der Waals surface area contributed by atoms with Crippen LogP contribution >= 0.6 is 11.8 Å². The molecule has 2 heterocycles. The molecule has 3 N–H and O–H groups in total. The van der Waals surface area contributed by atoms with Crippen LogP contribution in [0.15, 0.2) is 4.99 Å². The van der Waals surface area contributed by atoms with Crippen LogP contribution in [0, 0.1) is 0 Å². The maximum absolute atomic E-state index is 9.99. The van der Waals surface area contributed by atoms with Crippen molar-refractivity contribution in [3.05, 3.63) is 0 Å². The Balaban J connectivity index is 2.10. The van der Waals surface area contributed by atoms with Crippen molar-refractivity contribution in [2.24, 2.45) is 4.99 Å². The van der Waals surface area contributed by atoms with E-state index in [1.165, 1.54) is 11.8 Å². The first-order valence-electron chi connectivity index (χ1n) is 5.59. The highest BCUT2D eigenvalue weighted by molar-refractivity contribution is 8.14. The van der Waals surface area contributed by atoms with E-state index in [2.05, 4.69) is 4.99 Å². The molecule has 0 amide bonds. The number of aliphatic hydroxyl groups is 3. The van der Waals surface area contributed by atoms with Gasteiger partial charge in [0.15, 0.2) is 5.17 Å². The summed E-state index contributed by atoms with van der Waals surface area (Å²) >= 11 is 1.44. The number of fused-ring (bicyclic) bond motifs is 1. The van der Waals surface area contributed by atoms with Gasteiger partial charge in [0, 0.05) is 20.7 Å². The summed E-state index contributed by atoms with van der Waals surface area (Å²) in [6.07, 6.45) is -2.13. The average Bonchev–Trinajstić information content (AvgIpc) is 2.70. The number of rotatable bonds is 2. The van der Waals surface area contributed by atoms with Gasteiger partial charge in [0.05, 0.1) is 6.10 Å². The Morgan fingerprint density at radius 1 is 1.35 bits per heavy atom. The quantitative estimate of drug-likeness (QED) is 0.582. The summed E-state index contributed by atoms with van der Waals surface area (Å²) in [6.45, 7) is -0.0715. The van der Waals surface area contributed by atoms with Crippen molar-refractivity contribution >= 4 is 16.9 Å². The van der Waals surface area contributed by atoms with E-state index in [9.17, 15) is 10.2 Å². The lowest BCUT2D eigenvalue weighted by Gasteiger charge is -2.38. The van der Waals surface area contributed by atoms with Gasteiger partial charge in [-0.15, -0.1) is 0 Å². The number of hydrogen-bond donors (Lipinski definition) is 3. The molecule has 5 atom stereocenters. The van der Waals surface area contributed by atoms with Crippen molar-refractivity contribution in [1.82, 2.24) is 4.90 Å². The smallest absolute Gasteiger partial charge is 0.161 e. The third-order valence-corrected chi connectivity index (χ3v) is 4.25. The standard InChI is InChI=1S/C10H18N2O4S/c1-12(2)10-11-6-8(15)7(14)5(3-4-13)16-9(6)17-10/h5-9,13-15H,3-4H2,1-2H3/t5-,6-,7-,8-,9-/m1/s1. The van der Waals surface area contributed by atoms with Gasteiger partial charge in [0.25, 0.3) is 0 Å². The summed E-state index contributed by atoms with van der Waals surface area (Å²) in [7, 11) is 3.74. The summed E-state index contributed by atoms with van der Waals surface area (Å²) in [5.41, 5.74) is -0.276. The zero-order valence-corrected chi connectivity index (χ0v) is 10.7. The number of thioether (sulfide) groups is 1. The Labute approximate surface area is 104 Å². The lowest BCUT2D eigenvalue weighted by atomic mass is 9.96. The minimum atomic E-state index is -0.991. The SMILES string of the molecule is CN(C)C1=N[C@@H]2[C@@H](O)[C@H](O)[C@@H](CCO)O[C@@H]2S1. The average molecular weight is 262 g/mol. The van der Waals surface area contributed by atoms with Gasteiger partial charge in [-0.1, -0.05) is 11.8 Å². The van der Waals surface area contributed by atoms with E-state index in [1.54, 1.807) is 0 Å². The maximum atomic E-state index is 9.99. The Morgan fingerprint density at radius 2 is 2.06 bits per heavy atom. The second-order valence-corrected chi connectivity index (χ2v) is 5.52. The van der Waals surface area contributed by atoms with Crippen LogP contribution < -0.4 is 0 Å². The van der Waals surface area contributed by atoms with E-state index in [0.29, 0.717) is 6.42 Å². The van der Waals surface area contributed by atoms with Gasteiger partial charge in [-0.25, -0.2) is 0 Å². The molecule has 7 heteroatoms. The fraction of sp³-hybridized carbons (Fsp3) is 0.900. The van der Waals surface area contributed by atoms with Crippen LogP contribution in [0.3, 0.4) is 0 Å². The van der Waals surface area contributed by atoms with Crippen LogP contribution in [0.2, 0.25) is 0 Å². The number of aliphatic imine (C=N–C) groups is 1. The van der Waals surface area contributed by atoms with Crippen LogP contribution in [-0.2, 0) is 4.74 Å². The molecular weight excluding hydrogens is 244 g/mol. The minimum Gasteiger partial charge on any atom is -0.396 e. The number of ether oxygens (including phenoxy) is 1. The molecule has 1 fully saturated rings. The highest BCUT2D eigenvalue weighted by atomic mass is 32.2. The molecule has 1 saturated heterocycles. The largest absolute Gasteiger partial charge is 0.396 e. The molecule has 0 unspecified atom stereocenters. The third-order valence-electron chi connectivity index (χ3n) is 2.95. The molecule has 0 aromatic heterocycles. The second-order valence-electron chi connectivity index (χ2n) is 4.45. The Morgan fingerprint density at radius 3 is 2.65 bits per heavy atom. The molecule has 98 valence electrons. The van der Waals surface area contributed by atoms with E-state index >= 15 is 0 Å². The highest BCUT2D eigenvalue weighted by Crippen LogP contribution is 2.37. The molecule has 6 nitrogen and oxygen atoms in total. The molecule has 0 saturated carbocycles. The predicted molar refractivity (Wildman–Crippen MR) is 64.9 cm³/mol. The van der Waals surface area contributed by atoms with E-state index in [1.807, 2.05) is 19.0 Å². The first-order chi connectivity index (χ1) is 8.04. The van der Waals surface area contributed by atoms with Gasteiger partial charge in [-0.3, -0.25) is 4.99 Å². The minimum absolute atomic E-state index is 0.0715. The van der Waals surface area contributed by atoms with Crippen molar-refractivity contribution in [1.29, 1.82) is 0 Å². The van der Waals surface area contributed by atoms with Crippen molar-refractivity contribution in [2.75, 3.05) is 20.7 Å². The lowest BCUT2D eigenvalue weighted by molar-refractivity contribution is -0.156. The van der Waals surface area contributed by atoms with Crippen LogP contribution in [-0.4, -0.2) is 75.9 Å². The lowest BCUT2D eigenvalue weighted by Crippen LogP contribution is -2.54. The summed E-state index contributed by atoms with van der Waals surface area (Å²) in [5.74, 6) is 0. The van der Waals surface area contributed by atoms with E-state index in [-0.39, 0.29) is 12.0 Å². The molecule has 0 bridgehead atoms. The zero-order valence-electron chi connectivity index (χ0n) is 9.85. The molecule has 0 aromatic rings. The van der Waals surface area contributed by atoms with Crippen LogP contribution in [0.4, 0.5) is 0 Å². The summed E-state index contributed by atoms with van der Waals surface area (Å²) in [4.78, 5) is 6.20. The van der Waals surface area contributed by atoms with Gasteiger partial charge in [0.1, 0.15) is 23.7 Å². The fourth-order valence-corrected chi connectivity index (χ4v) is 3.16. The van der Waals surface area contributed by atoms with Crippen LogP contribution in [0.25, 0.3) is 0 Å². The highest BCUT2D eigenvalue weighted by Gasteiger charge is 2.48. The van der Waals surface area contributed by atoms with Gasteiger partial charge >= 0.3 is 0 Å². The summed E-state index contributed by atoms with van der Waals surface area (Å²) < 4.78 is 5.67.